The molecule has 2 aliphatic heterocycles. The fourth-order valence-electron chi connectivity index (χ4n) is 4.43. The second-order valence-corrected chi connectivity index (χ2v) is 8.41. The molecule has 0 saturated carbocycles. The summed E-state index contributed by atoms with van der Waals surface area (Å²) in [5.74, 6) is -0.403. The largest absolute Gasteiger partial charge is 0.383 e. The molecule has 1 unspecified atom stereocenters. The predicted octanol–water partition coefficient (Wildman–Crippen LogP) is 3.78. The third-order valence-electron chi connectivity index (χ3n) is 6.15. The average Bonchev–Trinajstić information content (AvgIpc) is 2.82. The lowest BCUT2D eigenvalue weighted by Crippen LogP contribution is -2.41. The number of nitrogens with one attached hydrogen (secondary N) is 2. The highest BCUT2D eigenvalue weighted by atomic mass is 16.7. The third-order valence-corrected chi connectivity index (χ3v) is 6.15. The zero-order valence-electron chi connectivity index (χ0n) is 18.8. The van der Waals surface area contributed by atoms with Gasteiger partial charge in [0.05, 0.1) is 0 Å². The first-order valence-corrected chi connectivity index (χ1v) is 11.7. The van der Waals surface area contributed by atoms with Crippen molar-refractivity contribution >= 4 is 28.3 Å². The van der Waals surface area contributed by atoms with Crippen LogP contribution in [-0.2, 0) is 9.47 Å². The SMILES string of the molecule is CNCCNc1ccc2c3c(cccc13)C(=O)N(CCCCCOC1CCCCO1)C2=O. The van der Waals surface area contributed by atoms with E-state index in [1.807, 2.05) is 37.4 Å². The van der Waals surface area contributed by atoms with Gasteiger partial charge in [0, 0.05) is 60.4 Å². The summed E-state index contributed by atoms with van der Waals surface area (Å²) in [6, 6.07) is 9.46. The fraction of sp³-hybridized carbons (Fsp3) is 0.520. The van der Waals surface area contributed by atoms with Crippen LogP contribution < -0.4 is 10.6 Å². The number of hydrogen-bond acceptors (Lipinski definition) is 6. The lowest BCUT2D eigenvalue weighted by molar-refractivity contribution is -0.162. The van der Waals surface area contributed by atoms with Gasteiger partial charge in [-0.15, -0.1) is 0 Å². The molecule has 0 aliphatic carbocycles. The lowest BCUT2D eigenvalue weighted by Gasteiger charge is -2.28. The van der Waals surface area contributed by atoms with Gasteiger partial charge >= 0.3 is 0 Å². The molecule has 2 amide bonds. The van der Waals surface area contributed by atoms with Crippen LogP contribution in [0.15, 0.2) is 30.3 Å². The van der Waals surface area contributed by atoms with E-state index in [0.717, 1.165) is 74.7 Å². The molecule has 32 heavy (non-hydrogen) atoms. The Bertz CT molecular complexity index is 933. The molecule has 2 aromatic carbocycles. The van der Waals surface area contributed by atoms with E-state index in [4.69, 9.17) is 9.47 Å². The topological polar surface area (TPSA) is 79.9 Å². The van der Waals surface area contributed by atoms with Crippen molar-refractivity contribution in [2.75, 3.05) is 45.2 Å². The first-order valence-electron chi connectivity index (χ1n) is 11.7. The molecule has 2 N–H and O–H groups in total. The summed E-state index contributed by atoms with van der Waals surface area (Å²) in [7, 11) is 1.91. The van der Waals surface area contributed by atoms with E-state index in [1.165, 1.54) is 4.90 Å². The minimum absolute atomic E-state index is 0.0661. The van der Waals surface area contributed by atoms with E-state index in [2.05, 4.69) is 10.6 Å². The zero-order chi connectivity index (χ0) is 22.3. The van der Waals surface area contributed by atoms with Crippen LogP contribution in [0.3, 0.4) is 0 Å². The molecule has 2 heterocycles. The molecule has 0 aromatic heterocycles. The Kier molecular flexibility index (Phi) is 7.73. The molecule has 7 nitrogen and oxygen atoms in total. The zero-order valence-corrected chi connectivity index (χ0v) is 18.8. The minimum Gasteiger partial charge on any atom is -0.383 e. The molecular formula is C25H33N3O4. The van der Waals surface area contributed by atoms with Crippen molar-refractivity contribution in [2.24, 2.45) is 0 Å². The molecule has 1 atom stereocenters. The van der Waals surface area contributed by atoms with Crippen LogP contribution in [0.1, 0.15) is 59.2 Å². The monoisotopic (exact) mass is 439 g/mol. The number of nitrogens with zero attached hydrogens (tertiary/aromatic N) is 1. The minimum atomic E-state index is -0.202. The summed E-state index contributed by atoms with van der Waals surface area (Å²) >= 11 is 0. The van der Waals surface area contributed by atoms with Crippen LogP contribution in [0.25, 0.3) is 10.8 Å². The molecule has 2 aromatic rings. The van der Waals surface area contributed by atoms with Gasteiger partial charge in [-0.1, -0.05) is 12.1 Å². The van der Waals surface area contributed by atoms with Crippen LogP contribution >= 0.6 is 0 Å². The van der Waals surface area contributed by atoms with Gasteiger partial charge in [0.1, 0.15) is 0 Å². The van der Waals surface area contributed by atoms with Crippen molar-refractivity contribution in [1.82, 2.24) is 10.2 Å². The van der Waals surface area contributed by atoms with Crippen molar-refractivity contribution in [3.05, 3.63) is 41.5 Å². The van der Waals surface area contributed by atoms with Crippen molar-refractivity contribution in [2.45, 2.75) is 44.8 Å². The molecule has 172 valence electrons. The fourth-order valence-corrected chi connectivity index (χ4v) is 4.43. The molecule has 0 bridgehead atoms. The Morgan fingerprint density at radius 1 is 1.03 bits per heavy atom. The van der Waals surface area contributed by atoms with Crippen molar-refractivity contribution in [3.8, 4) is 0 Å². The van der Waals surface area contributed by atoms with Crippen molar-refractivity contribution in [3.63, 3.8) is 0 Å². The first kappa shape index (κ1) is 22.7. The van der Waals surface area contributed by atoms with Crippen LogP contribution in [0.2, 0.25) is 0 Å². The van der Waals surface area contributed by atoms with Gasteiger partial charge in [-0.2, -0.15) is 0 Å². The second kappa shape index (κ2) is 10.9. The maximum atomic E-state index is 13.1. The third kappa shape index (κ3) is 4.95. The highest BCUT2D eigenvalue weighted by Gasteiger charge is 2.32. The summed E-state index contributed by atoms with van der Waals surface area (Å²) in [4.78, 5) is 27.7. The number of benzene rings is 2. The second-order valence-electron chi connectivity index (χ2n) is 8.41. The van der Waals surface area contributed by atoms with Crippen molar-refractivity contribution in [1.29, 1.82) is 0 Å². The Morgan fingerprint density at radius 3 is 2.66 bits per heavy atom. The quantitative estimate of drug-likeness (QED) is 0.410. The Labute approximate surface area is 189 Å². The Balaban J connectivity index is 1.36. The number of imide groups is 1. The number of anilines is 1. The number of likely N-dealkylation sites (N-methyl/N-ethyl adjacent to an activating group) is 1. The standard InChI is InChI=1S/C25H33N3O4/c1-26-13-14-27-21-12-11-20-23-18(21)8-7-9-19(23)24(29)28(25(20)30)15-4-2-5-16-31-22-10-3-6-17-32-22/h7-9,11-12,22,26-27H,2-6,10,13-17H2,1H3. The van der Waals surface area contributed by atoms with Crippen LogP contribution in [0.4, 0.5) is 5.69 Å². The summed E-state index contributed by atoms with van der Waals surface area (Å²) in [5, 5.41) is 8.17. The van der Waals surface area contributed by atoms with E-state index in [0.29, 0.717) is 24.3 Å². The smallest absolute Gasteiger partial charge is 0.261 e. The number of unbranched alkanes of at least 4 members (excludes halogenated alkanes) is 2. The number of carbonyl (C=O) groups excluding carboxylic acids is 2. The van der Waals surface area contributed by atoms with E-state index in [-0.39, 0.29) is 18.1 Å². The van der Waals surface area contributed by atoms with Crippen molar-refractivity contribution < 1.29 is 19.1 Å². The van der Waals surface area contributed by atoms with Gasteiger partial charge in [0.2, 0.25) is 0 Å². The highest BCUT2D eigenvalue weighted by molar-refractivity contribution is 6.26. The summed E-state index contributed by atoms with van der Waals surface area (Å²) < 4.78 is 11.3. The summed E-state index contributed by atoms with van der Waals surface area (Å²) in [6.07, 6.45) is 5.73. The van der Waals surface area contributed by atoms with Gasteiger partial charge in [-0.05, 0) is 63.8 Å². The predicted molar refractivity (Wildman–Crippen MR) is 125 cm³/mol. The maximum Gasteiger partial charge on any atom is 0.261 e. The Hall–Kier alpha value is -2.48. The molecular weight excluding hydrogens is 406 g/mol. The van der Waals surface area contributed by atoms with E-state index >= 15 is 0 Å². The molecule has 0 radical (unpaired) electrons. The molecule has 7 heteroatoms. The normalized spacial score (nSPS) is 18.4. The Morgan fingerprint density at radius 2 is 1.88 bits per heavy atom. The van der Waals surface area contributed by atoms with Gasteiger partial charge in [0.15, 0.2) is 6.29 Å². The van der Waals surface area contributed by atoms with Crippen LogP contribution in [0, 0.1) is 0 Å². The highest BCUT2D eigenvalue weighted by Crippen LogP contribution is 2.34. The summed E-state index contributed by atoms with van der Waals surface area (Å²) in [5.41, 5.74) is 2.15. The number of amides is 2. The van der Waals surface area contributed by atoms with Gasteiger partial charge in [-0.25, -0.2) is 0 Å². The number of rotatable bonds is 11. The number of carbonyl (C=O) groups is 2. The summed E-state index contributed by atoms with van der Waals surface area (Å²) in [6.45, 7) is 3.45. The average molecular weight is 440 g/mol. The van der Waals surface area contributed by atoms with Gasteiger partial charge in [0.25, 0.3) is 11.8 Å². The molecule has 0 spiro atoms. The van der Waals surface area contributed by atoms with E-state index in [1.54, 1.807) is 0 Å². The lowest BCUT2D eigenvalue weighted by atomic mass is 9.93. The van der Waals surface area contributed by atoms with Crippen LogP contribution in [0.5, 0.6) is 0 Å². The van der Waals surface area contributed by atoms with E-state index in [9.17, 15) is 9.59 Å². The van der Waals surface area contributed by atoms with E-state index < -0.39 is 0 Å². The molecule has 2 aliphatic rings. The number of ether oxygens (including phenoxy) is 2. The number of hydrogen-bond donors (Lipinski definition) is 2. The first-order chi connectivity index (χ1) is 15.7. The van der Waals surface area contributed by atoms with Crippen LogP contribution in [-0.4, -0.2) is 62.9 Å². The molecule has 4 rings (SSSR count). The van der Waals surface area contributed by atoms with Gasteiger partial charge in [-0.3, -0.25) is 14.5 Å². The molecule has 1 saturated heterocycles. The molecule has 1 fully saturated rings. The maximum absolute atomic E-state index is 13.1. The van der Waals surface area contributed by atoms with Gasteiger partial charge < -0.3 is 20.1 Å².